The molecule has 0 spiro atoms. The van der Waals surface area contributed by atoms with Crippen molar-refractivity contribution in [3.63, 3.8) is 0 Å². The fraction of sp³-hybridized carbons (Fsp3) is 0.294. The maximum absolute atomic E-state index is 12.5. The topological polar surface area (TPSA) is 63.6 Å². The van der Waals surface area contributed by atoms with E-state index in [9.17, 15) is 9.59 Å². The van der Waals surface area contributed by atoms with Gasteiger partial charge in [-0.1, -0.05) is 18.2 Å². The lowest BCUT2D eigenvalue weighted by Gasteiger charge is -2.32. The number of hydrogen-bond acceptors (Lipinski definition) is 3. The van der Waals surface area contributed by atoms with Crippen molar-refractivity contribution in [3.8, 4) is 5.75 Å². The van der Waals surface area contributed by atoms with E-state index < -0.39 is 6.04 Å². The number of hydrogen-bond donors (Lipinski definition) is 1. The molecule has 0 fully saturated rings. The van der Waals surface area contributed by atoms with Gasteiger partial charge in [0.2, 0.25) is 5.91 Å². The molecule has 2 heterocycles. The molecule has 1 aliphatic heterocycles. The number of nitrogens with zero attached hydrogens (tertiary/aromatic N) is 2. The number of likely N-dealkylation sites (N-methyl/N-ethyl adjacent to an activating group) is 1. The highest BCUT2D eigenvalue weighted by molar-refractivity contribution is 5.97. The summed E-state index contributed by atoms with van der Waals surface area (Å²) in [5.74, 6) is 0.415. The molecule has 3 rings (SSSR count). The zero-order valence-electron chi connectivity index (χ0n) is 13.2. The highest BCUT2D eigenvalue weighted by Gasteiger charge is 2.33. The largest absolute Gasteiger partial charge is 0.496 e. The van der Waals surface area contributed by atoms with Crippen LogP contribution in [0, 0.1) is 0 Å². The summed E-state index contributed by atoms with van der Waals surface area (Å²) < 4.78 is 7.09. The number of para-hydroxylation sites is 1. The van der Waals surface area contributed by atoms with E-state index in [4.69, 9.17) is 4.74 Å². The van der Waals surface area contributed by atoms with E-state index in [2.05, 4.69) is 5.32 Å². The third-order valence-electron chi connectivity index (χ3n) is 4.15. The number of carbonyl (C=O) groups excluding carboxylic acids is 2. The van der Waals surface area contributed by atoms with Gasteiger partial charge in [-0.05, 0) is 18.2 Å². The van der Waals surface area contributed by atoms with Crippen LogP contribution in [0.3, 0.4) is 0 Å². The molecule has 0 radical (unpaired) electrons. The third kappa shape index (κ3) is 2.79. The number of benzene rings is 1. The zero-order valence-corrected chi connectivity index (χ0v) is 13.2. The van der Waals surface area contributed by atoms with Gasteiger partial charge in [-0.3, -0.25) is 9.59 Å². The summed E-state index contributed by atoms with van der Waals surface area (Å²) in [4.78, 5) is 26.3. The summed E-state index contributed by atoms with van der Waals surface area (Å²) in [6.45, 7) is 0.822. The lowest BCUT2D eigenvalue weighted by atomic mass is 10.1. The second kappa shape index (κ2) is 6.16. The minimum absolute atomic E-state index is 0.140. The Morgan fingerprint density at radius 3 is 2.87 bits per heavy atom. The molecular weight excluding hydrogens is 294 g/mol. The Labute approximate surface area is 134 Å². The van der Waals surface area contributed by atoms with Crippen molar-refractivity contribution in [2.24, 2.45) is 0 Å². The van der Waals surface area contributed by atoms with Crippen LogP contribution in [-0.4, -0.2) is 41.5 Å². The van der Waals surface area contributed by atoms with Crippen molar-refractivity contribution in [1.82, 2.24) is 14.8 Å². The first-order valence-electron chi connectivity index (χ1n) is 7.43. The first-order chi connectivity index (χ1) is 11.1. The monoisotopic (exact) mass is 313 g/mol. The average molecular weight is 313 g/mol. The third-order valence-corrected chi connectivity index (χ3v) is 4.15. The Morgan fingerprint density at radius 1 is 1.30 bits per heavy atom. The number of ether oxygens (including phenoxy) is 1. The standard InChI is InChI=1S/C17H19N3O3/c1-19-14(11-20-9-5-7-13(20)17(19)22)16(21)18-10-12-6-3-4-8-15(12)23-2/h3-9,14H,10-11H2,1-2H3,(H,18,21). The number of rotatable bonds is 4. The van der Waals surface area contributed by atoms with Crippen molar-refractivity contribution < 1.29 is 14.3 Å². The van der Waals surface area contributed by atoms with Gasteiger partial charge in [0.1, 0.15) is 17.5 Å². The number of nitrogens with one attached hydrogen (secondary N) is 1. The Morgan fingerprint density at radius 2 is 2.09 bits per heavy atom. The summed E-state index contributed by atoms with van der Waals surface area (Å²) in [5, 5.41) is 2.89. The van der Waals surface area contributed by atoms with Crippen molar-refractivity contribution in [2.75, 3.05) is 14.2 Å². The fourth-order valence-electron chi connectivity index (χ4n) is 2.81. The molecule has 2 amide bonds. The van der Waals surface area contributed by atoms with Gasteiger partial charge in [0.25, 0.3) is 5.91 Å². The number of carbonyl (C=O) groups is 2. The lowest BCUT2D eigenvalue weighted by molar-refractivity contribution is -0.126. The van der Waals surface area contributed by atoms with Crippen LogP contribution in [0.5, 0.6) is 5.75 Å². The van der Waals surface area contributed by atoms with E-state index in [1.807, 2.05) is 41.1 Å². The van der Waals surface area contributed by atoms with Crippen LogP contribution in [-0.2, 0) is 17.9 Å². The number of aromatic nitrogens is 1. The summed E-state index contributed by atoms with van der Waals surface area (Å²) in [6, 6.07) is 10.6. The lowest BCUT2D eigenvalue weighted by Crippen LogP contribution is -2.53. The SMILES string of the molecule is COc1ccccc1CNC(=O)C1Cn2cccc2C(=O)N1C. The minimum atomic E-state index is -0.517. The van der Waals surface area contributed by atoms with Gasteiger partial charge in [-0.15, -0.1) is 0 Å². The molecule has 23 heavy (non-hydrogen) atoms. The van der Waals surface area contributed by atoms with Crippen molar-refractivity contribution in [3.05, 3.63) is 53.9 Å². The molecule has 1 aliphatic rings. The molecule has 6 heteroatoms. The molecule has 1 aromatic carbocycles. The normalized spacial score (nSPS) is 16.9. The first-order valence-corrected chi connectivity index (χ1v) is 7.43. The van der Waals surface area contributed by atoms with Gasteiger partial charge in [0.15, 0.2) is 0 Å². The molecule has 6 nitrogen and oxygen atoms in total. The molecule has 120 valence electrons. The Bertz CT molecular complexity index is 738. The summed E-state index contributed by atoms with van der Waals surface area (Å²) in [7, 11) is 3.26. The van der Waals surface area contributed by atoms with Crippen LogP contribution in [0.4, 0.5) is 0 Å². The predicted octanol–water partition coefficient (Wildman–Crippen LogP) is 1.27. The van der Waals surface area contributed by atoms with Crippen LogP contribution < -0.4 is 10.1 Å². The van der Waals surface area contributed by atoms with E-state index in [-0.39, 0.29) is 11.8 Å². The summed E-state index contributed by atoms with van der Waals surface area (Å²) in [5.41, 5.74) is 1.51. The van der Waals surface area contributed by atoms with Gasteiger partial charge in [-0.2, -0.15) is 0 Å². The van der Waals surface area contributed by atoms with E-state index in [0.717, 1.165) is 11.3 Å². The maximum atomic E-state index is 12.5. The van der Waals surface area contributed by atoms with Gasteiger partial charge in [-0.25, -0.2) is 0 Å². The second-order valence-corrected chi connectivity index (χ2v) is 5.51. The van der Waals surface area contributed by atoms with E-state index >= 15 is 0 Å². The van der Waals surface area contributed by atoms with Gasteiger partial charge in [0.05, 0.1) is 13.7 Å². The first kappa shape index (κ1) is 15.1. The van der Waals surface area contributed by atoms with Crippen LogP contribution in [0.1, 0.15) is 16.1 Å². The second-order valence-electron chi connectivity index (χ2n) is 5.51. The molecule has 0 bridgehead atoms. The smallest absolute Gasteiger partial charge is 0.270 e. The van der Waals surface area contributed by atoms with Crippen molar-refractivity contribution in [1.29, 1.82) is 0 Å². The molecule has 1 unspecified atom stereocenters. The minimum Gasteiger partial charge on any atom is -0.496 e. The number of fused-ring (bicyclic) bond motifs is 1. The van der Waals surface area contributed by atoms with Crippen LogP contribution >= 0.6 is 0 Å². The number of methoxy groups -OCH3 is 1. The zero-order chi connectivity index (χ0) is 16.4. The summed E-state index contributed by atoms with van der Waals surface area (Å²) in [6.07, 6.45) is 1.82. The van der Waals surface area contributed by atoms with Crippen LogP contribution in [0.2, 0.25) is 0 Å². The molecule has 0 saturated carbocycles. The highest BCUT2D eigenvalue weighted by atomic mass is 16.5. The highest BCUT2D eigenvalue weighted by Crippen LogP contribution is 2.19. The molecule has 1 aromatic heterocycles. The quantitative estimate of drug-likeness (QED) is 0.924. The van der Waals surface area contributed by atoms with Crippen molar-refractivity contribution >= 4 is 11.8 Å². The molecular formula is C17H19N3O3. The summed E-state index contributed by atoms with van der Waals surface area (Å²) >= 11 is 0. The van der Waals surface area contributed by atoms with E-state index in [1.54, 1.807) is 20.2 Å². The average Bonchev–Trinajstić information content (AvgIpc) is 3.05. The predicted molar refractivity (Wildman–Crippen MR) is 85.2 cm³/mol. The molecule has 1 N–H and O–H groups in total. The fourth-order valence-corrected chi connectivity index (χ4v) is 2.81. The molecule has 1 atom stereocenters. The molecule has 0 saturated heterocycles. The Kier molecular flexibility index (Phi) is 4.06. The number of amides is 2. The van der Waals surface area contributed by atoms with Gasteiger partial charge < -0.3 is 19.5 Å². The van der Waals surface area contributed by atoms with Crippen LogP contribution in [0.15, 0.2) is 42.6 Å². The Balaban J connectivity index is 1.70. The molecule has 2 aromatic rings. The molecule has 0 aliphatic carbocycles. The van der Waals surface area contributed by atoms with Gasteiger partial charge in [0, 0.05) is 25.4 Å². The van der Waals surface area contributed by atoms with Crippen LogP contribution in [0.25, 0.3) is 0 Å². The Hall–Kier alpha value is -2.76. The van der Waals surface area contributed by atoms with Crippen molar-refractivity contribution in [2.45, 2.75) is 19.1 Å². The van der Waals surface area contributed by atoms with E-state index in [0.29, 0.717) is 18.8 Å². The maximum Gasteiger partial charge on any atom is 0.270 e. The van der Waals surface area contributed by atoms with E-state index in [1.165, 1.54) is 4.90 Å². The van der Waals surface area contributed by atoms with Gasteiger partial charge >= 0.3 is 0 Å².